The van der Waals surface area contributed by atoms with Gasteiger partial charge in [-0.1, -0.05) is 13.8 Å². The first-order valence-corrected chi connectivity index (χ1v) is 6.29. The standard InChI is InChI=1S/C11H16Cl2N2O2/c1-9(2)6(11(9,12)13)5-15-7(16)10(3,4)14-8(15)17/h6H,5H2,1-4H3,(H,14,17)/t6-/m1/s1. The molecule has 2 fully saturated rings. The van der Waals surface area contributed by atoms with Crippen molar-refractivity contribution in [2.24, 2.45) is 11.3 Å². The Morgan fingerprint density at radius 3 is 2.00 bits per heavy atom. The Hall–Kier alpha value is -0.480. The molecule has 0 unspecified atom stereocenters. The van der Waals surface area contributed by atoms with E-state index in [0.717, 1.165) is 0 Å². The quantitative estimate of drug-likeness (QED) is 0.622. The summed E-state index contributed by atoms with van der Waals surface area (Å²) in [5.41, 5.74) is -1.11. The van der Waals surface area contributed by atoms with Crippen LogP contribution in [0.1, 0.15) is 27.7 Å². The monoisotopic (exact) mass is 278 g/mol. The molecule has 6 heteroatoms. The van der Waals surface area contributed by atoms with Crippen LogP contribution in [0.5, 0.6) is 0 Å². The number of nitrogens with one attached hydrogen (secondary N) is 1. The average molecular weight is 279 g/mol. The summed E-state index contributed by atoms with van der Waals surface area (Å²) >= 11 is 12.3. The average Bonchev–Trinajstić information content (AvgIpc) is 2.41. The smallest absolute Gasteiger partial charge is 0.324 e. The third-order valence-electron chi connectivity index (χ3n) is 3.89. The number of amides is 3. The van der Waals surface area contributed by atoms with Crippen LogP contribution in [0, 0.1) is 11.3 Å². The summed E-state index contributed by atoms with van der Waals surface area (Å²) in [6, 6.07) is -0.369. The lowest BCUT2D eigenvalue weighted by Crippen LogP contribution is -2.40. The molecule has 1 atom stereocenters. The predicted octanol–water partition coefficient (Wildman–Crippen LogP) is 2.15. The van der Waals surface area contributed by atoms with Gasteiger partial charge in [0.05, 0.1) is 0 Å². The van der Waals surface area contributed by atoms with Gasteiger partial charge in [0.2, 0.25) is 0 Å². The van der Waals surface area contributed by atoms with Crippen molar-refractivity contribution in [2.45, 2.75) is 37.6 Å². The SMILES string of the molecule is CC1(C)NC(=O)N(C[C@@H]2C(C)(C)C2(Cl)Cl)C1=O. The van der Waals surface area contributed by atoms with Crippen LogP contribution in [-0.4, -0.2) is 33.3 Å². The van der Waals surface area contributed by atoms with E-state index >= 15 is 0 Å². The van der Waals surface area contributed by atoms with Gasteiger partial charge in [-0.25, -0.2) is 4.79 Å². The molecular weight excluding hydrogens is 263 g/mol. The van der Waals surface area contributed by atoms with Gasteiger partial charge in [0.1, 0.15) is 9.87 Å². The fourth-order valence-electron chi connectivity index (χ4n) is 2.27. The molecule has 1 aliphatic carbocycles. The van der Waals surface area contributed by atoms with E-state index in [1.54, 1.807) is 13.8 Å². The predicted molar refractivity (Wildman–Crippen MR) is 66.0 cm³/mol. The molecule has 1 heterocycles. The molecule has 0 aromatic carbocycles. The molecule has 1 aliphatic heterocycles. The summed E-state index contributed by atoms with van der Waals surface area (Å²) in [7, 11) is 0. The molecule has 2 aliphatic rings. The zero-order valence-electron chi connectivity index (χ0n) is 10.3. The summed E-state index contributed by atoms with van der Waals surface area (Å²) in [5, 5.41) is 2.63. The van der Waals surface area contributed by atoms with Crippen molar-refractivity contribution >= 4 is 35.1 Å². The zero-order valence-corrected chi connectivity index (χ0v) is 11.8. The van der Waals surface area contributed by atoms with Gasteiger partial charge in [0, 0.05) is 17.9 Å². The summed E-state index contributed by atoms with van der Waals surface area (Å²) in [6.45, 7) is 7.50. The number of carbonyl (C=O) groups is 2. The van der Waals surface area contributed by atoms with Crippen molar-refractivity contribution in [2.75, 3.05) is 6.54 Å². The Bertz CT molecular complexity index is 390. The van der Waals surface area contributed by atoms with Gasteiger partial charge >= 0.3 is 6.03 Å². The number of imide groups is 1. The molecule has 0 aromatic heterocycles. The lowest BCUT2D eigenvalue weighted by molar-refractivity contribution is -0.130. The summed E-state index contributed by atoms with van der Waals surface area (Å²) in [4.78, 5) is 24.9. The van der Waals surface area contributed by atoms with Gasteiger partial charge in [-0.05, 0) is 13.8 Å². The lowest BCUT2D eigenvalue weighted by Gasteiger charge is -2.16. The maximum absolute atomic E-state index is 12.0. The van der Waals surface area contributed by atoms with E-state index in [1.165, 1.54) is 4.90 Å². The maximum atomic E-state index is 12.0. The number of alkyl halides is 2. The molecule has 4 nitrogen and oxygen atoms in total. The molecule has 0 spiro atoms. The first-order chi connectivity index (χ1) is 7.52. The molecular formula is C11H16Cl2N2O2. The fraction of sp³-hybridized carbons (Fsp3) is 0.818. The summed E-state index contributed by atoms with van der Waals surface area (Å²) in [5.74, 6) is -0.309. The number of hydrogen-bond donors (Lipinski definition) is 1. The van der Waals surface area contributed by atoms with E-state index in [4.69, 9.17) is 23.2 Å². The molecule has 3 amide bonds. The molecule has 1 saturated carbocycles. The van der Waals surface area contributed by atoms with Crippen LogP contribution < -0.4 is 5.32 Å². The van der Waals surface area contributed by atoms with Crippen molar-refractivity contribution in [1.29, 1.82) is 0 Å². The van der Waals surface area contributed by atoms with Crippen molar-refractivity contribution in [3.05, 3.63) is 0 Å². The minimum Gasteiger partial charge on any atom is -0.324 e. The number of carbonyl (C=O) groups excluding carboxylic acids is 2. The molecule has 2 rings (SSSR count). The van der Waals surface area contributed by atoms with Gasteiger partial charge in [-0.2, -0.15) is 0 Å². The second kappa shape index (κ2) is 3.29. The highest BCUT2D eigenvalue weighted by Gasteiger charge is 2.71. The highest BCUT2D eigenvalue weighted by molar-refractivity contribution is 6.51. The Balaban J connectivity index is 2.13. The van der Waals surface area contributed by atoms with Gasteiger partial charge < -0.3 is 5.32 Å². The molecule has 1 N–H and O–H groups in total. The first kappa shape index (κ1) is 13.0. The van der Waals surface area contributed by atoms with Crippen LogP contribution in [-0.2, 0) is 4.79 Å². The van der Waals surface area contributed by atoms with Crippen molar-refractivity contribution in [1.82, 2.24) is 10.2 Å². The van der Waals surface area contributed by atoms with Crippen molar-refractivity contribution in [3.63, 3.8) is 0 Å². The number of urea groups is 1. The molecule has 17 heavy (non-hydrogen) atoms. The van der Waals surface area contributed by atoms with E-state index in [0.29, 0.717) is 0 Å². The largest absolute Gasteiger partial charge is 0.325 e. The van der Waals surface area contributed by atoms with E-state index < -0.39 is 9.87 Å². The van der Waals surface area contributed by atoms with Gasteiger partial charge in [0.25, 0.3) is 5.91 Å². The Labute approximate surface area is 111 Å². The van der Waals surface area contributed by atoms with Crippen molar-refractivity contribution in [3.8, 4) is 0 Å². The van der Waals surface area contributed by atoms with E-state index in [-0.39, 0.29) is 29.8 Å². The minimum atomic E-state index is -0.861. The molecule has 0 bridgehead atoms. The number of nitrogens with zero attached hydrogens (tertiary/aromatic N) is 1. The van der Waals surface area contributed by atoms with Crippen LogP contribution in [0.2, 0.25) is 0 Å². The number of hydrogen-bond acceptors (Lipinski definition) is 2. The third kappa shape index (κ3) is 1.65. The van der Waals surface area contributed by atoms with Crippen LogP contribution in [0.4, 0.5) is 4.79 Å². The van der Waals surface area contributed by atoms with E-state index in [2.05, 4.69) is 5.32 Å². The Kier molecular flexibility index (Phi) is 2.51. The third-order valence-corrected chi connectivity index (χ3v) is 5.40. The van der Waals surface area contributed by atoms with Crippen molar-refractivity contribution < 1.29 is 9.59 Å². The number of rotatable bonds is 2. The summed E-state index contributed by atoms with van der Waals surface area (Å²) < 4.78 is -0.861. The zero-order chi connectivity index (χ0) is 13.2. The van der Waals surface area contributed by atoms with Gasteiger partial charge in [0.15, 0.2) is 0 Å². The Morgan fingerprint density at radius 2 is 1.71 bits per heavy atom. The summed E-state index contributed by atoms with van der Waals surface area (Å²) in [6.07, 6.45) is 0. The van der Waals surface area contributed by atoms with E-state index in [9.17, 15) is 9.59 Å². The maximum Gasteiger partial charge on any atom is 0.325 e. The second-order valence-electron chi connectivity index (χ2n) is 5.87. The molecule has 0 aromatic rings. The van der Waals surface area contributed by atoms with Crippen LogP contribution >= 0.6 is 23.2 Å². The molecule has 1 saturated heterocycles. The van der Waals surface area contributed by atoms with Gasteiger partial charge in [-0.3, -0.25) is 9.69 Å². The van der Waals surface area contributed by atoms with Crippen LogP contribution in [0.3, 0.4) is 0 Å². The molecule has 0 radical (unpaired) electrons. The Morgan fingerprint density at radius 1 is 1.24 bits per heavy atom. The first-order valence-electron chi connectivity index (χ1n) is 5.54. The fourth-order valence-corrected chi connectivity index (χ4v) is 3.10. The topological polar surface area (TPSA) is 49.4 Å². The number of halogens is 2. The second-order valence-corrected chi connectivity index (χ2v) is 7.25. The highest BCUT2D eigenvalue weighted by Crippen LogP contribution is 2.68. The lowest BCUT2D eigenvalue weighted by atomic mass is 10.1. The highest BCUT2D eigenvalue weighted by atomic mass is 35.5. The van der Waals surface area contributed by atoms with Crippen LogP contribution in [0.25, 0.3) is 0 Å². The van der Waals surface area contributed by atoms with E-state index in [1.807, 2.05) is 13.8 Å². The molecule has 96 valence electrons. The van der Waals surface area contributed by atoms with Gasteiger partial charge in [-0.15, -0.1) is 23.2 Å². The normalized spacial score (nSPS) is 32.6. The minimum absolute atomic E-state index is 0.0815. The van der Waals surface area contributed by atoms with Crippen LogP contribution in [0.15, 0.2) is 0 Å².